The summed E-state index contributed by atoms with van der Waals surface area (Å²) in [6.45, 7) is 3.19. The number of nitrogens with one attached hydrogen (secondary N) is 2. The minimum atomic E-state index is -3.04. The fourth-order valence-corrected chi connectivity index (χ4v) is 1.88. The zero-order valence-electron chi connectivity index (χ0n) is 12.0. The van der Waals surface area contributed by atoms with E-state index >= 15 is 0 Å². The molecule has 11 heteroatoms. The van der Waals surface area contributed by atoms with Crippen LogP contribution in [0.3, 0.4) is 0 Å². The average molecular weight is 385 g/mol. The van der Waals surface area contributed by atoms with Gasteiger partial charge in [0, 0.05) is 30.7 Å². The molecule has 0 aliphatic rings. The van der Waals surface area contributed by atoms with Gasteiger partial charge >= 0.3 is 37.7 Å². The second kappa shape index (κ2) is 12.8. The first-order chi connectivity index (χ1) is 9.70. The standard InChI is InChI=1S/C11H22N2O6S2.Ca.2H/c1-11(2,7-19-21(17)18)9(15)10(16)13-4-3-8(14)12-5-6-20;;;/h9,15,20-21H,3-7H2,1-2H3,(H,12,14)(H,13,16);;;. The predicted octanol–water partition coefficient (Wildman–Crippen LogP) is -2.45. The van der Waals surface area contributed by atoms with Gasteiger partial charge in [0.25, 0.3) is 11.0 Å². The van der Waals surface area contributed by atoms with Crippen LogP contribution >= 0.6 is 12.6 Å². The first kappa shape index (κ1) is 24.7. The van der Waals surface area contributed by atoms with E-state index in [-0.39, 0.29) is 63.2 Å². The number of aliphatic hydroxyl groups is 1. The van der Waals surface area contributed by atoms with E-state index < -0.39 is 28.4 Å². The summed E-state index contributed by atoms with van der Waals surface area (Å²) in [6, 6.07) is 0. The summed E-state index contributed by atoms with van der Waals surface area (Å²) >= 11 is 3.94. The van der Waals surface area contributed by atoms with Crippen LogP contribution in [0, 0.1) is 5.41 Å². The summed E-state index contributed by atoms with van der Waals surface area (Å²) in [6.07, 6.45) is -1.37. The van der Waals surface area contributed by atoms with E-state index in [4.69, 9.17) is 0 Å². The molecule has 0 bridgehead atoms. The van der Waals surface area contributed by atoms with Crippen molar-refractivity contribution in [3.05, 3.63) is 0 Å². The summed E-state index contributed by atoms with van der Waals surface area (Å²) in [5.74, 6) is -0.399. The number of rotatable bonds is 10. The second-order valence-corrected chi connectivity index (χ2v) is 6.16. The molecule has 8 nitrogen and oxygen atoms in total. The zero-order chi connectivity index (χ0) is 16.5. The zero-order valence-corrected chi connectivity index (χ0v) is 13.8. The van der Waals surface area contributed by atoms with Crippen LogP contribution in [0.1, 0.15) is 20.3 Å². The molecule has 0 saturated carbocycles. The van der Waals surface area contributed by atoms with Crippen LogP contribution in [0.2, 0.25) is 0 Å². The molecule has 1 atom stereocenters. The van der Waals surface area contributed by atoms with Gasteiger partial charge in [-0.05, 0) is 0 Å². The molecule has 3 N–H and O–H groups in total. The van der Waals surface area contributed by atoms with Crippen molar-refractivity contribution in [2.45, 2.75) is 26.4 Å². The normalized spacial score (nSPS) is 12.4. The van der Waals surface area contributed by atoms with Gasteiger partial charge in [-0.3, -0.25) is 13.8 Å². The first-order valence-electron chi connectivity index (χ1n) is 6.31. The summed E-state index contributed by atoms with van der Waals surface area (Å²) in [5.41, 5.74) is -1.08. The SMILES string of the molecule is CC(C)(CO[SH](=O)=O)C(O)C(=O)NCCC(=O)NCCS.[CaH2]. The Balaban J connectivity index is 0. The number of hydrogen-bond donors (Lipinski definition) is 5. The van der Waals surface area contributed by atoms with Crippen LogP contribution in [0.5, 0.6) is 0 Å². The maximum atomic E-state index is 11.7. The predicted molar refractivity (Wildman–Crippen MR) is 89.1 cm³/mol. The third-order valence-electron chi connectivity index (χ3n) is 2.62. The van der Waals surface area contributed by atoms with E-state index in [0.717, 1.165) is 0 Å². The molecule has 0 fully saturated rings. The number of aliphatic hydroxyl groups excluding tert-OH is 1. The Morgan fingerprint density at radius 1 is 1.27 bits per heavy atom. The number of carbonyl (C=O) groups is 2. The van der Waals surface area contributed by atoms with Crippen molar-refractivity contribution in [3.63, 3.8) is 0 Å². The van der Waals surface area contributed by atoms with Gasteiger partial charge < -0.3 is 15.7 Å². The van der Waals surface area contributed by atoms with Crippen molar-refractivity contribution in [2.24, 2.45) is 5.41 Å². The van der Waals surface area contributed by atoms with E-state index in [1.54, 1.807) is 0 Å². The van der Waals surface area contributed by atoms with Crippen LogP contribution in [0.4, 0.5) is 0 Å². The van der Waals surface area contributed by atoms with Gasteiger partial charge in [-0.25, -0.2) is 8.42 Å². The van der Waals surface area contributed by atoms with Gasteiger partial charge in [0.2, 0.25) is 11.8 Å². The summed E-state index contributed by atoms with van der Waals surface area (Å²) in [5, 5.41) is 14.9. The van der Waals surface area contributed by atoms with E-state index in [1.165, 1.54) is 13.8 Å². The van der Waals surface area contributed by atoms with Gasteiger partial charge in [0.1, 0.15) is 6.10 Å². The summed E-state index contributed by atoms with van der Waals surface area (Å²) < 4.78 is 25.1. The Morgan fingerprint density at radius 2 is 1.86 bits per heavy atom. The Bertz CT molecular complexity index is 423. The minimum absolute atomic E-state index is 0. The third-order valence-corrected chi connectivity index (χ3v) is 3.18. The van der Waals surface area contributed by atoms with Gasteiger partial charge in [0.05, 0.1) is 6.61 Å². The fraction of sp³-hybridized carbons (Fsp3) is 0.818. The molecule has 0 aliphatic heterocycles. The molecule has 1 unspecified atom stereocenters. The van der Waals surface area contributed by atoms with Crippen molar-refractivity contribution in [1.82, 2.24) is 10.6 Å². The summed E-state index contributed by atoms with van der Waals surface area (Å²) in [7, 11) is -3.04. The molecule has 0 aromatic carbocycles. The van der Waals surface area contributed by atoms with Gasteiger partial charge in [-0.2, -0.15) is 12.6 Å². The van der Waals surface area contributed by atoms with E-state index in [1.807, 2.05) is 0 Å². The molecule has 128 valence electrons. The Hall–Kier alpha value is 0.420. The number of carbonyl (C=O) groups excluding carboxylic acids is 2. The van der Waals surface area contributed by atoms with Gasteiger partial charge in [-0.15, -0.1) is 0 Å². The van der Waals surface area contributed by atoms with Crippen LogP contribution in [0.25, 0.3) is 0 Å². The average Bonchev–Trinajstić information content (AvgIpc) is 2.42. The van der Waals surface area contributed by atoms with Crippen LogP contribution in [-0.4, -0.2) is 94.6 Å². The van der Waals surface area contributed by atoms with Crippen molar-refractivity contribution >= 4 is 73.2 Å². The number of thiol groups is 2. The molecule has 0 aliphatic carbocycles. The van der Waals surface area contributed by atoms with Crippen LogP contribution < -0.4 is 10.6 Å². The second-order valence-electron chi connectivity index (χ2n) is 5.00. The molecule has 0 aromatic rings. The quantitative estimate of drug-likeness (QED) is 0.211. The fourth-order valence-electron chi connectivity index (χ4n) is 1.33. The Kier molecular flexibility index (Phi) is 14.3. The molecular weight excluding hydrogens is 360 g/mol. The summed E-state index contributed by atoms with van der Waals surface area (Å²) in [4.78, 5) is 23.0. The monoisotopic (exact) mass is 384 g/mol. The van der Waals surface area contributed by atoms with Crippen LogP contribution in [-0.2, 0) is 24.8 Å². The molecule has 22 heavy (non-hydrogen) atoms. The van der Waals surface area contributed by atoms with E-state index in [9.17, 15) is 23.1 Å². The van der Waals surface area contributed by atoms with Crippen molar-refractivity contribution in [3.8, 4) is 0 Å². The maximum absolute atomic E-state index is 11.7. The molecule has 0 rings (SSSR count). The molecule has 0 aromatic heterocycles. The Morgan fingerprint density at radius 3 is 2.36 bits per heavy atom. The van der Waals surface area contributed by atoms with Crippen molar-refractivity contribution in [2.75, 3.05) is 25.4 Å². The van der Waals surface area contributed by atoms with Crippen LogP contribution in [0.15, 0.2) is 0 Å². The molecule has 0 saturated heterocycles. The third kappa shape index (κ3) is 11.0. The molecule has 0 radical (unpaired) electrons. The van der Waals surface area contributed by atoms with Crippen molar-refractivity contribution in [1.29, 1.82) is 0 Å². The molecule has 0 spiro atoms. The van der Waals surface area contributed by atoms with E-state index in [0.29, 0.717) is 12.3 Å². The number of hydrogen-bond acceptors (Lipinski definition) is 7. The topological polar surface area (TPSA) is 122 Å². The molecular formula is C11H24CaN2O6S2. The van der Waals surface area contributed by atoms with Gasteiger partial charge in [0.15, 0.2) is 0 Å². The van der Waals surface area contributed by atoms with Crippen molar-refractivity contribution < 1.29 is 27.3 Å². The number of amides is 2. The molecule has 0 heterocycles. The first-order valence-corrected chi connectivity index (χ1v) is 8.04. The Labute approximate surface area is 167 Å². The van der Waals surface area contributed by atoms with Gasteiger partial charge in [-0.1, -0.05) is 13.8 Å². The van der Waals surface area contributed by atoms with E-state index in [2.05, 4.69) is 27.4 Å². The molecule has 2 amide bonds.